The monoisotopic (exact) mass is 467 g/mol. The summed E-state index contributed by atoms with van der Waals surface area (Å²) < 4.78 is 11.7. The zero-order valence-electron chi connectivity index (χ0n) is 20.4. The molecule has 0 aliphatic carbocycles. The van der Waals surface area contributed by atoms with Gasteiger partial charge in [0.15, 0.2) is 0 Å². The van der Waals surface area contributed by atoms with Crippen molar-refractivity contribution in [3.05, 3.63) is 59.7 Å². The fraction of sp³-hybridized carbons (Fsp3) is 0.423. The molecule has 0 aromatic heterocycles. The van der Waals surface area contributed by atoms with E-state index in [1.54, 1.807) is 66.4 Å². The fourth-order valence-corrected chi connectivity index (χ4v) is 4.08. The second-order valence-electron chi connectivity index (χ2n) is 8.80. The van der Waals surface area contributed by atoms with Crippen LogP contribution in [-0.2, 0) is 9.53 Å². The summed E-state index contributed by atoms with van der Waals surface area (Å²) in [5.74, 6) is -0.155. The predicted molar refractivity (Wildman–Crippen MR) is 130 cm³/mol. The lowest BCUT2D eigenvalue weighted by atomic mass is 10.0. The number of hydrogen-bond acceptors (Lipinski definition) is 5. The van der Waals surface area contributed by atoms with Crippen LogP contribution >= 0.6 is 0 Å². The van der Waals surface area contributed by atoms with E-state index in [1.165, 1.54) is 6.92 Å². The van der Waals surface area contributed by atoms with Crippen LogP contribution in [0.3, 0.4) is 0 Å². The zero-order chi connectivity index (χ0) is 24.8. The van der Waals surface area contributed by atoms with Gasteiger partial charge < -0.3 is 24.6 Å². The van der Waals surface area contributed by atoms with Crippen LogP contribution in [0.2, 0.25) is 0 Å². The molecule has 1 aliphatic rings. The number of nitrogens with one attached hydrogen (secondary N) is 1. The first-order valence-electron chi connectivity index (χ1n) is 11.4. The standard InChI is InChI=1S/C26H33N3O5/c1-17-14-29(19(3)30)18(2)16-34-23-13-21(27-25(31)20-9-7-6-8-10-20)11-12-22(23)26(32)28(4)15-24(17)33-5/h6-13,17-18,24H,14-16H2,1-5H3,(H,27,31)/t17-,18+,24+/m1/s1. The average Bonchev–Trinajstić information content (AvgIpc) is 2.83. The molecule has 0 unspecified atom stereocenters. The number of nitrogens with zero attached hydrogens (tertiary/aromatic N) is 2. The molecule has 1 aliphatic heterocycles. The van der Waals surface area contributed by atoms with Crippen molar-refractivity contribution in [2.24, 2.45) is 5.92 Å². The number of fused-ring (bicyclic) bond motifs is 1. The van der Waals surface area contributed by atoms with Crippen molar-refractivity contribution in [2.45, 2.75) is 32.9 Å². The Morgan fingerprint density at radius 3 is 2.44 bits per heavy atom. The van der Waals surface area contributed by atoms with Gasteiger partial charge in [0.05, 0.1) is 17.7 Å². The van der Waals surface area contributed by atoms with Gasteiger partial charge >= 0.3 is 0 Å². The molecule has 3 amide bonds. The van der Waals surface area contributed by atoms with Gasteiger partial charge in [-0.25, -0.2) is 0 Å². The Morgan fingerprint density at radius 2 is 1.79 bits per heavy atom. The van der Waals surface area contributed by atoms with Crippen LogP contribution in [0.1, 0.15) is 41.5 Å². The van der Waals surface area contributed by atoms with E-state index < -0.39 is 0 Å². The molecule has 8 nitrogen and oxygen atoms in total. The average molecular weight is 468 g/mol. The van der Waals surface area contributed by atoms with Gasteiger partial charge in [-0.15, -0.1) is 0 Å². The molecule has 2 aromatic carbocycles. The summed E-state index contributed by atoms with van der Waals surface area (Å²) in [5, 5.41) is 2.85. The molecule has 0 fully saturated rings. The number of carbonyl (C=O) groups is 3. The minimum Gasteiger partial charge on any atom is -0.491 e. The molecular weight excluding hydrogens is 434 g/mol. The van der Waals surface area contributed by atoms with Crippen LogP contribution in [0, 0.1) is 5.92 Å². The number of amides is 3. The highest BCUT2D eigenvalue weighted by molar-refractivity contribution is 6.05. The highest BCUT2D eigenvalue weighted by Crippen LogP contribution is 2.27. The number of ether oxygens (including phenoxy) is 2. The largest absolute Gasteiger partial charge is 0.491 e. The Labute approximate surface area is 200 Å². The summed E-state index contributed by atoms with van der Waals surface area (Å²) >= 11 is 0. The number of carbonyl (C=O) groups excluding carboxylic acids is 3. The van der Waals surface area contributed by atoms with Crippen LogP contribution in [0.4, 0.5) is 5.69 Å². The fourth-order valence-electron chi connectivity index (χ4n) is 4.08. The Bertz CT molecular complexity index is 1030. The van der Waals surface area contributed by atoms with Crippen molar-refractivity contribution in [3.63, 3.8) is 0 Å². The van der Waals surface area contributed by atoms with Crippen LogP contribution in [0.15, 0.2) is 48.5 Å². The van der Waals surface area contributed by atoms with Crippen LogP contribution in [0.5, 0.6) is 5.75 Å². The van der Waals surface area contributed by atoms with Gasteiger partial charge in [0.2, 0.25) is 5.91 Å². The zero-order valence-corrected chi connectivity index (χ0v) is 20.4. The van der Waals surface area contributed by atoms with Crippen LogP contribution < -0.4 is 10.1 Å². The number of benzene rings is 2. The highest BCUT2D eigenvalue weighted by Gasteiger charge is 2.29. The molecular formula is C26H33N3O5. The van der Waals surface area contributed by atoms with E-state index in [9.17, 15) is 14.4 Å². The van der Waals surface area contributed by atoms with Gasteiger partial charge in [-0.1, -0.05) is 25.1 Å². The molecule has 0 saturated carbocycles. The van der Waals surface area contributed by atoms with Crippen molar-refractivity contribution >= 4 is 23.4 Å². The first-order valence-corrected chi connectivity index (χ1v) is 11.4. The first-order chi connectivity index (χ1) is 16.2. The number of hydrogen-bond donors (Lipinski definition) is 1. The third kappa shape index (κ3) is 5.94. The van der Waals surface area contributed by atoms with E-state index in [4.69, 9.17) is 9.47 Å². The van der Waals surface area contributed by atoms with E-state index >= 15 is 0 Å². The number of rotatable bonds is 3. The van der Waals surface area contributed by atoms with Crippen molar-refractivity contribution < 1.29 is 23.9 Å². The molecule has 3 atom stereocenters. The maximum absolute atomic E-state index is 13.3. The summed E-state index contributed by atoms with van der Waals surface area (Å²) in [5.41, 5.74) is 1.41. The minimum atomic E-state index is -0.259. The maximum Gasteiger partial charge on any atom is 0.257 e. The van der Waals surface area contributed by atoms with Gasteiger partial charge in [-0.2, -0.15) is 0 Å². The SMILES string of the molecule is CO[C@H]1CN(C)C(=O)c2ccc(NC(=O)c3ccccc3)cc2OC[C@H](C)N(C(C)=O)C[C@H]1C. The third-order valence-corrected chi connectivity index (χ3v) is 6.15. The summed E-state index contributed by atoms with van der Waals surface area (Å²) in [6, 6.07) is 13.6. The van der Waals surface area contributed by atoms with Crippen LogP contribution in [-0.4, -0.2) is 73.5 Å². The van der Waals surface area contributed by atoms with E-state index in [-0.39, 0.29) is 42.4 Å². The van der Waals surface area contributed by atoms with E-state index in [0.717, 1.165) is 0 Å². The second-order valence-corrected chi connectivity index (χ2v) is 8.80. The Morgan fingerprint density at radius 1 is 1.09 bits per heavy atom. The summed E-state index contributed by atoms with van der Waals surface area (Å²) in [7, 11) is 3.33. The van der Waals surface area contributed by atoms with Gasteiger partial charge in [0.1, 0.15) is 12.4 Å². The lowest BCUT2D eigenvalue weighted by Gasteiger charge is -2.35. The first kappa shape index (κ1) is 25.2. The van der Waals surface area contributed by atoms with E-state index in [1.807, 2.05) is 19.9 Å². The van der Waals surface area contributed by atoms with Crippen molar-refractivity contribution in [3.8, 4) is 5.75 Å². The molecule has 0 saturated heterocycles. The highest BCUT2D eigenvalue weighted by atomic mass is 16.5. The van der Waals surface area contributed by atoms with E-state index in [2.05, 4.69) is 5.32 Å². The van der Waals surface area contributed by atoms with Crippen molar-refractivity contribution in [2.75, 3.05) is 39.2 Å². The molecule has 0 bridgehead atoms. The Balaban J connectivity index is 1.93. The molecule has 1 N–H and O–H groups in total. The lowest BCUT2D eigenvalue weighted by Crippen LogP contribution is -2.48. The van der Waals surface area contributed by atoms with Gasteiger partial charge in [-0.3, -0.25) is 14.4 Å². The smallest absolute Gasteiger partial charge is 0.257 e. The molecule has 0 spiro atoms. The quantitative estimate of drug-likeness (QED) is 0.748. The summed E-state index contributed by atoms with van der Waals surface area (Å²) in [6.45, 7) is 6.51. The molecule has 182 valence electrons. The van der Waals surface area contributed by atoms with Crippen LogP contribution in [0.25, 0.3) is 0 Å². The predicted octanol–water partition coefficient (Wildman–Crippen LogP) is 3.29. The van der Waals surface area contributed by atoms with Gasteiger partial charge in [-0.05, 0) is 31.2 Å². The molecule has 3 rings (SSSR count). The molecule has 8 heteroatoms. The summed E-state index contributed by atoms with van der Waals surface area (Å²) in [4.78, 5) is 41.6. The lowest BCUT2D eigenvalue weighted by molar-refractivity contribution is -0.133. The van der Waals surface area contributed by atoms with Gasteiger partial charge in [0, 0.05) is 57.4 Å². The second kappa shape index (κ2) is 11.2. The number of methoxy groups -OCH3 is 1. The minimum absolute atomic E-state index is 0.0149. The summed E-state index contributed by atoms with van der Waals surface area (Å²) in [6.07, 6.45) is -0.240. The normalized spacial score (nSPS) is 21.6. The van der Waals surface area contributed by atoms with E-state index in [0.29, 0.717) is 35.7 Å². The third-order valence-electron chi connectivity index (χ3n) is 6.15. The van der Waals surface area contributed by atoms with Crippen molar-refractivity contribution in [1.82, 2.24) is 9.80 Å². The molecule has 2 aromatic rings. The van der Waals surface area contributed by atoms with Crippen molar-refractivity contribution in [1.29, 1.82) is 0 Å². The molecule has 1 heterocycles. The molecule has 0 radical (unpaired) electrons. The molecule has 34 heavy (non-hydrogen) atoms. The Hall–Kier alpha value is -3.39. The Kier molecular flexibility index (Phi) is 8.28. The number of likely N-dealkylation sites (N-methyl/N-ethyl adjacent to an activating group) is 1. The maximum atomic E-state index is 13.3. The van der Waals surface area contributed by atoms with Gasteiger partial charge in [0.25, 0.3) is 11.8 Å². The topological polar surface area (TPSA) is 88.2 Å². The number of anilines is 1.